The van der Waals surface area contributed by atoms with E-state index in [1.165, 1.54) is 0 Å². The number of hydrogen-bond donors (Lipinski definition) is 1. The SMILES string of the molecule is Cc1cc2c(c(-c3ccc(Oc4ccccc4)cn3)c1)NS(=O)(=O)CC2. The van der Waals surface area contributed by atoms with Crippen molar-refractivity contribution in [3.8, 4) is 22.8 Å². The van der Waals surface area contributed by atoms with Crippen LogP contribution in [0, 0.1) is 6.92 Å². The Morgan fingerprint density at radius 1 is 1.04 bits per heavy atom. The Labute approximate surface area is 152 Å². The van der Waals surface area contributed by atoms with Crippen molar-refractivity contribution in [2.75, 3.05) is 10.5 Å². The van der Waals surface area contributed by atoms with E-state index in [-0.39, 0.29) is 5.75 Å². The van der Waals surface area contributed by atoms with Gasteiger partial charge in [0.25, 0.3) is 0 Å². The molecular weight excluding hydrogens is 348 g/mol. The summed E-state index contributed by atoms with van der Waals surface area (Å²) in [6.07, 6.45) is 2.16. The number of para-hydroxylation sites is 1. The number of nitrogens with zero attached hydrogens (tertiary/aromatic N) is 1. The van der Waals surface area contributed by atoms with Crippen LogP contribution in [0.3, 0.4) is 0 Å². The first kappa shape index (κ1) is 16.6. The first-order valence-corrected chi connectivity index (χ1v) is 9.99. The summed E-state index contributed by atoms with van der Waals surface area (Å²) in [5.74, 6) is 1.48. The van der Waals surface area contributed by atoms with Gasteiger partial charge in [0.15, 0.2) is 0 Å². The van der Waals surface area contributed by atoms with Gasteiger partial charge in [0.1, 0.15) is 11.5 Å². The molecule has 0 amide bonds. The Hall–Kier alpha value is -2.86. The van der Waals surface area contributed by atoms with Gasteiger partial charge in [-0.3, -0.25) is 9.71 Å². The maximum Gasteiger partial charge on any atom is 0.233 e. The summed E-state index contributed by atoms with van der Waals surface area (Å²) in [5, 5.41) is 0. The van der Waals surface area contributed by atoms with Gasteiger partial charge in [-0.1, -0.05) is 29.8 Å². The van der Waals surface area contributed by atoms with Gasteiger partial charge in [0, 0.05) is 5.56 Å². The molecule has 132 valence electrons. The molecule has 1 N–H and O–H groups in total. The number of ether oxygens (including phenoxy) is 1. The standard InChI is InChI=1S/C20H18N2O3S/c1-14-11-15-9-10-26(23,24)22-20(15)18(12-14)19-8-7-17(13-21-19)25-16-5-3-2-4-6-16/h2-8,11-13,22H,9-10H2,1H3. The lowest BCUT2D eigenvalue weighted by atomic mass is 9.99. The Bertz CT molecular complexity index is 1050. The molecule has 6 heteroatoms. The Balaban J connectivity index is 1.69. The normalized spacial score (nSPS) is 15.0. The second kappa shape index (κ2) is 6.46. The Morgan fingerprint density at radius 2 is 1.85 bits per heavy atom. The number of hydrogen-bond acceptors (Lipinski definition) is 4. The molecule has 1 aromatic heterocycles. The first-order chi connectivity index (χ1) is 12.5. The van der Waals surface area contributed by atoms with Gasteiger partial charge in [-0.15, -0.1) is 0 Å². The molecule has 0 radical (unpaired) electrons. The molecule has 5 nitrogen and oxygen atoms in total. The average Bonchev–Trinajstić information content (AvgIpc) is 2.63. The number of aromatic nitrogens is 1. The third kappa shape index (κ3) is 3.41. The van der Waals surface area contributed by atoms with Crippen LogP contribution in [-0.4, -0.2) is 19.2 Å². The largest absolute Gasteiger partial charge is 0.456 e. The fourth-order valence-corrected chi connectivity index (χ4v) is 4.20. The van der Waals surface area contributed by atoms with Crippen LogP contribution in [-0.2, 0) is 16.4 Å². The van der Waals surface area contributed by atoms with Crippen molar-refractivity contribution in [1.82, 2.24) is 4.98 Å². The predicted molar refractivity (Wildman–Crippen MR) is 102 cm³/mol. The van der Waals surface area contributed by atoms with Gasteiger partial charge in [-0.25, -0.2) is 8.42 Å². The van der Waals surface area contributed by atoms with Crippen LogP contribution in [0.5, 0.6) is 11.5 Å². The van der Waals surface area contributed by atoms with E-state index in [2.05, 4.69) is 9.71 Å². The van der Waals surface area contributed by atoms with Gasteiger partial charge in [0.2, 0.25) is 10.0 Å². The van der Waals surface area contributed by atoms with Crippen molar-refractivity contribution in [2.24, 2.45) is 0 Å². The molecule has 0 bridgehead atoms. The second-order valence-electron chi connectivity index (χ2n) is 6.31. The summed E-state index contributed by atoms with van der Waals surface area (Å²) in [7, 11) is -3.29. The van der Waals surface area contributed by atoms with Crippen molar-refractivity contribution < 1.29 is 13.2 Å². The number of nitrogens with one attached hydrogen (secondary N) is 1. The Morgan fingerprint density at radius 3 is 2.58 bits per heavy atom. The molecule has 0 unspecified atom stereocenters. The lowest BCUT2D eigenvalue weighted by Crippen LogP contribution is -2.24. The molecule has 2 heterocycles. The molecule has 0 saturated heterocycles. The third-order valence-electron chi connectivity index (χ3n) is 4.25. The predicted octanol–water partition coefficient (Wildman–Crippen LogP) is 4.15. The summed E-state index contributed by atoms with van der Waals surface area (Å²) in [5.41, 5.74) is 4.20. The zero-order valence-corrected chi connectivity index (χ0v) is 15.1. The fraction of sp³-hybridized carbons (Fsp3) is 0.150. The number of fused-ring (bicyclic) bond motifs is 1. The number of pyridine rings is 1. The molecular formula is C20H18N2O3S. The number of benzene rings is 2. The number of aryl methyl sites for hydroxylation is 2. The van der Waals surface area contributed by atoms with Crippen molar-refractivity contribution in [1.29, 1.82) is 0 Å². The number of anilines is 1. The van der Waals surface area contributed by atoms with Gasteiger partial charge < -0.3 is 4.74 Å². The van der Waals surface area contributed by atoms with Gasteiger partial charge in [-0.05, 0) is 49.2 Å². The van der Waals surface area contributed by atoms with Gasteiger partial charge >= 0.3 is 0 Å². The minimum atomic E-state index is -3.29. The van der Waals surface area contributed by atoms with Crippen LogP contribution in [0.25, 0.3) is 11.3 Å². The summed E-state index contributed by atoms with van der Waals surface area (Å²) < 4.78 is 32.4. The van der Waals surface area contributed by atoms with Crippen LogP contribution in [0.1, 0.15) is 11.1 Å². The molecule has 26 heavy (non-hydrogen) atoms. The maximum atomic E-state index is 12.0. The molecule has 0 fully saturated rings. The highest BCUT2D eigenvalue weighted by atomic mass is 32.2. The molecule has 1 aliphatic heterocycles. The maximum absolute atomic E-state index is 12.0. The highest BCUT2D eigenvalue weighted by molar-refractivity contribution is 7.92. The highest BCUT2D eigenvalue weighted by Crippen LogP contribution is 2.35. The van der Waals surface area contributed by atoms with Crippen molar-refractivity contribution in [3.05, 3.63) is 71.9 Å². The zero-order chi connectivity index (χ0) is 18.1. The van der Waals surface area contributed by atoms with E-state index < -0.39 is 10.0 Å². The number of sulfonamides is 1. The van der Waals surface area contributed by atoms with Crippen molar-refractivity contribution in [3.63, 3.8) is 0 Å². The molecule has 0 spiro atoms. The molecule has 4 rings (SSSR count). The lowest BCUT2D eigenvalue weighted by Gasteiger charge is -2.22. The van der Waals surface area contributed by atoms with Gasteiger partial charge in [0.05, 0.1) is 23.3 Å². The van der Waals surface area contributed by atoms with E-state index in [1.807, 2.05) is 61.5 Å². The van der Waals surface area contributed by atoms with Crippen molar-refractivity contribution in [2.45, 2.75) is 13.3 Å². The van der Waals surface area contributed by atoms with E-state index >= 15 is 0 Å². The van der Waals surface area contributed by atoms with Crippen LogP contribution >= 0.6 is 0 Å². The quantitative estimate of drug-likeness (QED) is 0.756. The fourth-order valence-electron chi connectivity index (χ4n) is 3.06. The number of rotatable bonds is 3. The van der Waals surface area contributed by atoms with Crippen LogP contribution < -0.4 is 9.46 Å². The molecule has 0 saturated carbocycles. The van der Waals surface area contributed by atoms with Crippen LogP contribution in [0.2, 0.25) is 0 Å². The minimum Gasteiger partial charge on any atom is -0.456 e. The summed E-state index contributed by atoms with van der Waals surface area (Å²) in [4.78, 5) is 4.48. The van der Waals surface area contributed by atoms with Crippen molar-refractivity contribution >= 4 is 15.7 Å². The minimum absolute atomic E-state index is 0.111. The smallest absolute Gasteiger partial charge is 0.233 e. The van der Waals surface area contributed by atoms with E-state index in [9.17, 15) is 8.42 Å². The second-order valence-corrected chi connectivity index (χ2v) is 8.15. The summed E-state index contributed by atoms with van der Waals surface area (Å²) in [6.45, 7) is 2.00. The summed E-state index contributed by atoms with van der Waals surface area (Å²) in [6, 6.07) is 17.1. The average molecular weight is 366 g/mol. The van der Waals surface area contributed by atoms with E-state index in [1.54, 1.807) is 6.20 Å². The molecule has 0 atom stereocenters. The summed E-state index contributed by atoms with van der Waals surface area (Å²) >= 11 is 0. The van der Waals surface area contributed by atoms with E-state index in [0.29, 0.717) is 23.6 Å². The van der Waals surface area contributed by atoms with E-state index in [4.69, 9.17) is 4.74 Å². The molecule has 1 aliphatic rings. The Kier molecular flexibility index (Phi) is 4.12. The molecule has 2 aromatic carbocycles. The zero-order valence-electron chi connectivity index (χ0n) is 14.3. The van der Waals surface area contributed by atoms with E-state index in [0.717, 1.165) is 22.4 Å². The third-order valence-corrected chi connectivity index (χ3v) is 5.51. The monoisotopic (exact) mass is 366 g/mol. The molecule has 0 aliphatic carbocycles. The van der Waals surface area contributed by atoms with Crippen LogP contribution in [0.4, 0.5) is 5.69 Å². The first-order valence-electron chi connectivity index (χ1n) is 8.33. The van der Waals surface area contributed by atoms with Crippen LogP contribution in [0.15, 0.2) is 60.8 Å². The topological polar surface area (TPSA) is 68.3 Å². The van der Waals surface area contributed by atoms with Gasteiger partial charge in [-0.2, -0.15) is 0 Å². The lowest BCUT2D eigenvalue weighted by molar-refractivity contribution is 0.480. The highest BCUT2D eigenvalue weighted by Gasteiger charge is 2.23. The molecule has 3 aromatic rings.